The lowest BCUT2D eigenvalue weighted by atomic mass is 10.2. The zero-order valence-electron chi connectivity index (χ0n) is 8.60. The smallest absolute Gasteiger partial charge is 0.317 e. The van der Waals surface area contributed by atoms with Crippen LogP contribution >= 0.6 is 0 Å². The van der Waals surface area contributed by atoms with Gasteiger partial charge in [0.2, 0.25) is 0 Å². The SMILES string of the molecule is CCOC1CN(CC(=O)O)CC1OC. The van der Waals surface area contributed by atoms with Gasteiger partial charge in [0.15, 0.2) is 0 Å². The van der Waals surface area contributed by atoms with Crippen molar-refractivity contribution in [2.24, 2.45) is 0 Å². The van der Waals surface area contributed by atoms with Crippen LogP contribution in [0.4, 0.5) is 0 Å². The van der Waals surface area contributed by atoms with E-state index >= 15 is 0 Å². The molecule has 1 fully saturated rings. The van der Waals surface area contributed by atoms with Crippen LogP contribution in [0.15, 0.2) is 0 Å². The van der Waals surface area contributed by atoms with Crippen molar-refractivity contribution in [1.29, 1.82) is 0 Å². The van der Waals surface area contributed by atoms with E-state index in [1.807, 2.05) is 11.8 Å². The summed E-state index contributed by atoms with van der Waals surface area (Å²) in [4.78, 5) is 12.3. The number of aliphatic carboxylic acids is 1. The molecule has 1 heterocycles. The first-order valence-electron chi connectivity index (χ1n) is 4.76. The number of methoxy groups -OCH3 is 1. The Labute approximate surface area is 83.6 Å². The molecule has 1 aliphatic heterocycles. The molecule has 0 spiro atoms. The fourth-order valence-corrected chi connectivity index (χ4v) is 1.74. The molecule has 1 aliphatic rings. The van der Waals surface area contributed by atoms with Gasteiger partial charge < -0.3 is 14.6 Å². The van der Waals surface area contributed by atoms with Crippen molar-refractivity contribution in [3.8, 4) is 0 Å². The van der Waals surface area contributed by atoms with Gasteiger partial charge >= 0.3 is 5.97 Å². The number of carbonyl (C=O) groups is 1. The van der Waals surface area contributed by atoms with Crippen LogP contribution in [0.25, 0.3) is 0 Å². The molecule has 1 N–H and O–H groups in total. The standard InChI is InChI=1S/C9H17NO4/c1-3-14-8-5-10(6-9(11)12)4-7(8)13-2/h7-8H,3-6H2,1-2H3,(H,11,12). The summed E-state index contributed by atoms with van der Waals surface area (Å²) >= 11 is 0. The van der Waals surface area contributed by atoms with Crippen LogP contribution in [-0.2, 0) is 14.3 Å². The summed E-state index contributed by atoms with van der Waals surface area (Å²) in [6, 6.07) is 0. The van der Waals surface area contributed by atoms with E-state index in [4.69, 9.17) is 14.6 Å². The minimum Gasteiger partial charge on any atom is -0.480 e. The Kier molecular flexibility index (Phi) is 4.31. The third-order valence-corrected chi connectivity index (χ3v) is 2.33. The summed E-state index contributed by atoms with van der Waals surface area (Å²) in [7, 11) is 1.63. The van der Waals surface area contributed by atoms with Crippen molar-refractivity contribution < 1.29 is 19.4 Å². The number of hydrogen-bond donors (Lipinski definition) is 1. The highest BCUT2D eigenvalue weighted by Crippen LogP contribution is 2.15. The third kappa shape index (κ3) is 2.94. The van der Waals surface area contributed by atoms with E-state index in [0.29, 0.717) is 19.7 Å². The highest BCUT2D eigenvalue weighted by Gasteiger charge is 2.33. The van der Waals surface area contributed by atoms with Gasteiger partial charge in [0, 0.05) is 26.8 Å². The fraction of sp³-hybridized carbons (Fsp3) is 0.889. The maximum absolute atomic E-state index is 10.5. The first-order chi connectivity index (χ1) is 6.67. The van der Waals surface area contributed by atoms with Crippen LogP contribution < -0.4 is 0 Å². The van der Waals surface area contributed by atoms with Gasteiger partial charge in [-0.05, 0) is 6.92 Å². The molecule has 0 aromatic rings. The Balaban J connectivity index is 2.43. The molecule has 0 aromatic carbocycles. The van der Waals surface area contributed by atoms with Gasteiger partial charge in [-0.1, -0.05) is 0 Å². The molecule has 2 atom stereocenters. The van der Waals surface area contributed by atoms with Gasteiger partial charge in [0.25, 0.3) is 0 Å². The van der Waals surface area contributed by atoms with Gasteiger partial charge in [0.05, 0.1) is 18.8 Å². The van der Waals surface area contributed by atoms with Crippen molar-refractivity contribution in [1.82, 2.24) is 4.90 Å². The van der Waals surface area contributed by atoms with Crippen molar-refractivity contribution in [2.45, 2.75) is 19.1 Å². The number of carboxylic acids is 1. The molecule has 1 rings (SSSR count). The highest BCUT2D eigenvalue weighted by molar-refractivity contribution is 5.69. The van der Waals surface area contributed by atoms with E-state index in [2.05, 4.69) is 0 Å². The van der Waals surface area contributed by atoms with E-state index in [1.165, 1.54) is 0 Å². The summed E-state index contributed by atoms with van der Waals surface area (Å²) in [5.41, 5.74) is 0. The molecule has 0 aliphatic carbocycles. The van der Waals surface area contributed by atoms with Gasteiger partial charge in [-0.25, -0.2) is 0 Å². The molecule has 0 saturated carbocycles. The van der Waals surface area contributed by atoms with E-state index in [0.717, 1.165) is 0 Å². The Morgan fingerprint density at radius 1 is 1.50 bits per heavy atom. The van der Waals surface area contributed by atoms with Crippen molar-refractivity contribution in [2.75, 3.05) is 33.4 Å². The number of likely N-dealkylation sites (tertiary alicyclic amines) is 1. The Hall–Kier alpha value is -0.650. The maximum Gasteiger partial charge on any atom is 0.317 e. The van der Waals surface area contributed by atoms with Gasteiger partial charge in [-0.2, -0.15) is 0 Å². The minimum atomic E-state index is -0.808. The molecule has 0 bridgehead atoms. The summed E-state index contributed by atoms with van der Waals surface area (Å²) in [6.07, 6.45) is -0.00125. The average molecular weight is 203 g/mol. The summed E-state index contributed by atoms with van der Waals surface area (Å²) in [5.74, 6) is -0.808. The van der Waals surface area contributed by atoms with E-state index in [1.54, 1.807) is 7.11 Å². The van der Waals surface area contributed by atoms with E-state index in [-0.39, 0.29) is 18.8 Å². The topological polar surface area (TPSA) is 59.0 Å². The monoisotopic (exact) mass is 203 g/mol. The highest BCUT2D eigenvalue weighted by atomic mass is 16.5. The van der Waals surface area contributed by atoms with Crippen molar-refractivity contribution in [3.63, 3.8) is 0 Å². The Morgan fingerprint density at radius 2 is 2.14 bits per heavy atom. The second-order valence-electron chi connectivity index (χ2n) is 3.36. The summed E-state index contributed by atoms with van der Waals surface area (Å²) in [5, 5.41) is 8.63. The van der Waals surface area contributed by atoms with E-state index < -0.39 is 5.97 Å². The van der Waals surface area contributed by atoms with Crippen molar-refractivity contribution >= 4 is 5.97 Å². The number of hydrogen-bond acceptors (Lipinski definition) is 4. The van der Waals surface area contributed by atoms with Crippen LogP contribution in [0.3, 0.4) is 0 Å². The molecule has 0 aromatic heterocycles. The molecular formula is C9H17NO4. The number of nitrogens with zero attached hydrogens (tertiary/aromatic N) is 1. The van der Waals surface area contributed by atoms with Crippen molar-refractivity contribution in [3.05, 3.63) is 0 Å². The van der Waals surface area contributed by atoms with Gasteiger partial charge in [0.1, 0.15) is 0 Å². The Bertz CT molecular complexity index is 197. The maximum atomic E-state index is 10.5. The molecule has 1 saturated heterocycles. The zero-order valence-corrected chi connectivity index (χ0v) is 8.60. The number of carboxylic acid groups (broad SMARTS) is 1. The second kappa shape index (κ2) is 5.29. The molecule has 0 amide bonds. The first kappa shape index (κ1) is 11.4. The largest absolute Gasteiger partial charge is 0.480 e. The summed E-state index contributed by atoms with van der Waals surface area (Å²) in [6.45, 7) is 3.88. The summed E-state index contributed by atoms with van der Waals surface area (Å²) < 4.78 is 10.7. The van der Waals surface area contributed by atoms with Gasteiger partial charge in [-0.15, -0.1) is 0 Å². The van der Waals surface area contributed by atoms with Crippen LogP contribution in [0.2, 0.25) is 0 Å². The first-order valence-corrected chi connectivity index (χ1v) is 4.76. The van der Waals surface area contributed by atoms with Crippen LogP contribution in [0.1, 0.15) is 6.92 Å². The molecule has 14 heavy (non-hydrogen) atoms. The molecular weight excluding hydrogens is 186 g/mol. The van der Waals surface area contributed by atoms with E-state index in [9.17, 15) is 4.79 Å². The lowest BCUT2D eigenvalue weighted by molar-refractivity contribution is -0.138. The quantitative estimate of drug-likeness (QED) is 0.671. The lowest BCUT2D eigenvalue weighted by Gasteiger charge is -2.15. The predicted molar refractivity (Wildman–Crippen MR) is 50.3 cm³/mol. The molecule has 82 valence electrons. The molecule has 5 heteroatoms. The molecule has 0 radical (unpaired) electrons. The Morgan fingerprint density at radius 3 is 2.64 bits per heavy atom. The minimum absolute atomic E-state index is 0.00403. The predicted octanol–water partition coefficient (Wildman–Crippen LogP) is -0.193. The third-order valence-electron chi connectivity index (χ3n) is 2.33. The lowest BCUT2D eigenvalue weighted by Crippen LogP contribution is -2.29. The second-order valence-corrected chi connectivity index (χ2v) is 3.36. The van der Waals surface area contributed by atoms with Gasteiger partial charge in [-0.3, -0.25) is 9.69 Å². The zero-order chi connectivity index (χ0) is 10.6. The normalized spacial score (nSPS) is 28.1. The molecule has 2 unspecified atom stereocenters. The number of ether oxygens (including phenoxy) is 2. The number of rotatable bonds is 5. The average Bonchev–Trinajstić information content (AvgIpc) is 2.47. The fourth-order valence-electron chi connectivity index (χ4n) is 1.74. The van der Waals surface area contributed by atoms with Crippen LogP contribution in [0.5, 0.6) is 0 Å². The molecule has 5 nitrogen and oxygen atoms in total. The van der Waals surface area contributed by atoms with Crippen LogP contribution in [-0.4, -0.2) is 61.5 Å². The van der Waals surface area contributed by atoms with Crippen LogP contribution in [0, 0.1) is 0 Å².